The summed E-state index contributed by atoms with van der Waals surface area (Å²) in [5.41, 5.74) is 1.47. The van der Waals surface area contributed by atoms with E-state index in [1.807, 2.05) is 13.8 Å². The minimum absolute atomic E-state index is 0.223. The van der Waals surface area contributed by atoms with Crippen LogP contribution in [0, 0.1) is 10.5 Å². The van der Waals surface area contributed by atoms with E-state index in [9.17, 15) is 4.39 Å². The van der Waals surface area contributed by atoms with Crippen LogP contribution in [0.2, 0.25) is 0 Å². The van der Waals surface area contributed by atoms with Gasteiger partial charge in [-0.1, -0.05) is 26.1 Å². The number of methoxy groups -OCH3 is 1. The Morgan fingerprint density at radius 1 is 1.32 bits per heavy atom. The fraction of sp³-hybridized carbons (Fsp3) is 0.286. The first-order valence-electron chi connectivity index (χ1n) is 5.96. The van der Waals surface area contributed by atoms with Crippen LogP contribution in [0.25, 0.3) is 11.3 Å². The Morgan fingerprint density at radius 3 is 2.63 bits per heavy atom. The smallest absolute Gasteiger partial charge is 0.165 e. The maximum Gasteiger partial charge on any atom is 0.165 e. The van der Waals surface area contributed by atoms with Crippen LogP contribution in [0.3, 0.4) is 0 Å². The third-order valence-electron chi connectivity index (χ3n) is 2.77. The van der Waals surface area contributed by atoms with Crippen molar-refractivity contribution in [3.63, 3.8) is 0 Å². The molecular weight excluding hydrogens is 263 g/mol. The molecule has 0 aliphatic carbocycles. The van der Waals surface area contributed by atoms with Crippen molar-refractivity contribution in [2.24, 2.45) is 0 Å². The van der Waals surface area contributed by atoms with Crippen molar-refractivity contribution in [3.05, 3.63) is 40.5 Å². The lowest BCUT2D eigenvalue weighted by molar-refractivity contribution is 0.386. The molecule has 1 heterocycles. The van der Waals surface area contributed by atoms with Gasteiger partial charge in [-0.3, -0.25) is 0 Å². The molecule has 0 spiro atoms. The van der Waals surface area contributed by atoms with E-state index in [0.717, 1.165) is 11.5 Å². The molecule has 1 aromatic heterocycles. The molecule has 2 aromatic rings. The molecule has 0 saturated heterocycles. The van der Waals surface area contributed by atoms with Gasteiger partial charge in [0.1, 0.15) is 10.5 Å². The monoisotopic (exact) mass is 278 g/mol. The van der Waals surface area contributed by atoms with Crippen LogP contribution in [0.1, 0.15) is 25.6 Å². The zero-order chi connectivity index (χ0) is 14.0. The topological polar surface area (TPSA) is 37.9 Å². The van der Waals surface area contributed by atoms with E-state index in [2.05, 4.69) is 9.97 Å². The molecule has 0 bridgehead atoms. The summed E-state index contributed by atoms with van der Waals surface area (Å²) in [7, 11) is 1.44. The van der Waals surface area contributed by atoms with E-state index < -0.39 is 5.82 Å². The SMILES string of the molecule is COc1ccc(-c2cc(=S)nc(C(C)C)[nH]2)cc1F. The Bertz CT molecular complexity index is 652. The highest BCUT2D eigenvalue weighted by molar-refractivity contribution is 7.71. The minimum Gasteiger partial charge on any atom is -0.494 e. The molecule has 19 heavy (non-hydrogen) atoms. The van der Waals surface area contributed by atoms with Gasteiger partial charge in [-0.25, -0.2) is 9.37 Å². The molecule has 0 saturated carbocycles. The number of rotatable bonds is 3. The maximum absolute atomic E-state index is 13.7. The maximum atomic E-state index is 13.7. The van der Waals surface area contributed by atoms with Gasteiger partial charge in [0, 0.05) is 17.2 Å². The number of hydrogen-bond donors (Lipinski definition) is 1. The van der Waals surface area contributed by atoms with E-state index in [1.165, 1.54) is 13.2 Å². The predicted octanol–water partition coefficient (Wildman–Crippen LogP) is 4.08. The van der Waals surface area contributed by atoms with Crippen LogP contribution >= 0.6 is 12.2 Å². The average Bonchev–Trinajstić information content (AvgIpc) is 2.37. The molecule has 1 N–H and O–H groups in total. The highest BCUT2D eigenvalue weighted by Crippen LogP contribution is 2.25. The molecule has 3 nitrogen and oxygen atoms in total. The number of ether oxygens (including phenoxy) is 1. The lowest BCUT2D eigenvalue weighted by Gasteiger charge is -2.09. The number of hydrogen-bond acceptors (Lipinski definition) is 3. The second-order valence-electron chi connectivity index (χ2n) is 4.52. The first-order chi connectivity index (χ1) is 9.01. The second kappa shape index (κ2) is 5.48. The van der Waals surface area contributed by atoms with Gasteiger partial charge in [0.25, 0.3) is 0 Å². The van der Waals surface area contributed by atoms with Crippen LogP contribution in [0.4, 0.5) is 4.39 Å². The highest BCUT2D eigenvalue weighted by atomic mass is 32.1. The number of H-pyrrole nitrogens is 1. The van der Waals surface area contributed by atoms with Crippen molar-refractivity contribution in [2.45, 2.75) is 19.8 Å². The third kappa shape index (κ3) is 2.98. The summed E-state index contributed by atoms with van der Waals surface area (Å²) in [5.74, 6) is 0.839. The van der Waals surface area contributed by atoms with Gasteiger partial charge in [0.2, 0.25) is 0 Å². The van der Waals surface area contributed by atoms with E-state index in [4.69, 9.17) is 17.0 Å². The van der Waals surface area contributed by atoms with Crippen molar-refractivity contribution in [2.75, 3.05) is 7.11 Å². The normalized spacial score (nSPS) is 10.8. The molecule has 0 aliphatic heterocycles. The zero-order valence-corrected chi connectivity index (χ0v) is 11.8. The van der Waals surface area contributed by atoms with Crippen molar-refractivity contribution in [1.29, 1.82) is 0 Å². The number of benzene rings is 1. The van der Waals surface area contributed by atoms with E-state index >= 15 is 0 Å². The molecule has 0 amide bonds. The quantitative estimate of drug-likeness (QED) is 0.860. The standard InChI is InChI=1S/C14H15FN2OS/c1-8(2)14-16-11(7-13(19)17-14)9-4-5-12(18-3)10(15)6-9/h4-8H,1-3H3,(H,16,17,19). The first-order valence-corrected chi connectivity index (χ1v) is 6.37. The molecule has 1 aromatic carbocycles. The van der Waals surface area contributed by atoms with Crippen molar-refractivity contribution < 1.29 is 9.13 Å². The van der Waals surface area contributed by atoms with Crippen LogP contribution < -0.4 is 4.74 Å². The number of nitrogens with zero attached hydrogens (tertiary/aromatic N) is 1. The predicted molar refractivity (Wildman–Crippen MR) is 75.5 cm³/mol. The van der Waals surface area contributed by atoms with Gasteiger partial charge < -0.3 is 9.72 Å². The second-order valence-corrected chi connectivity index (χ2v) is 4.94. The van der Waals surface area contributed by atoms with Gasteiger partial charge in [-0.15, -0.1) is 0 Å². The summed E-state index contributed by atoms with van der Waals surface area (Å²) in [5, 5.41) is 0. The summed E-state index contributed by atoms with van der Waals surface area (Å²) in [4.78, 5) is 7.44. The van der Waals surface area contributed by atoms with Crippen molar-refractivity contribution in [3.8, 4) is 17.0 Å². The molecule has 0 unspecified atom stereocenters. The summed E-state index contributed by atoms with van der Waals surface area (Å²) in [6.07, 6.45) is 0. The Balaban J connectivity index is 2.52. The van der Waals surface area contributed by atoms with Crippen molar-refractivity contribution in [1.82, 2.24) is 9.97 Å². The van der Waals surface area contributed by atoms with Crippen LogP contribution in [0.15, 0.2) is 24.3 Å². The Morgan fingerprint density at radius 2 is 2.05 bits per heavy atom. The summed E-state index contributed by atoms with van der Waals surface area (Å²) < 4.78 is 19.1. The number of halogens is 1. The largest absolute Gasteiger partial charge is 0.494 e. The number of nitrogens with one attached hydrogen (secondary N) is 1. The molecule has 0 radical (unpaired) electrons. The Kier molecular flexibility index (Phi) is 3.95. The van der Waals surface area contributed by atoms with E-state index in [-0.39, 0.29) is 11.7 Å². The molecule has 0 atom stereocenters. The lowest BCUT2D eigenvalue weighted by Crippen LogP contribution is -1.99. The highest BCUT2D eigenvalue weighted by Gasteiger charge is 2.08. The van der Waals surface area contributed by atoms with E-state index in [0.29, 0.717) is 10.2 Å². The lowest BCUT2D eigenvalue weighted by atomic mass is 10.1. The molecule has 2 rings (SSSR count). The fourth-order valence-electron chi connectivity index (χ4n) is 1.74. The van der Waals surface area contributed by atoms with Gasteiger partial charge in [-0.05, 0) is 24.3 Å². The van der Waals surface area contributed by atoms with Gasteiger partial charge in [-0.2, -0.15) is 0 Å². The molecule has 0 aliphatic rings. The Hall–Kier alpha value is -1.75. The number of aromatic amines is 1. The summed E-state index contributed by atoms with van der Waals surface area (Å²) >= 11 is 5.14. The molecule has 100 valence electrons. The van der Waals surface area contributed by atoms with Crippen LogP contribution in [-0.4, -0.2) is 17.1 Å². The van der Waals surface area contributed by atoms with Crippen LogP contribution in [-0.2, 0) is 0 Å². The van der Waals surface area contributed by atoms with Crippen molar-refractivity contribution >= 4 is 12.2 Å². The van der Waals surface area contributed by atoms with E-state index in [1.54, 1.807) is 18.2 Å². The summed E-state index contributed by atoms with van der Waals surface area (Å²) in [6, 6.07) is 6.52. The fourth-order valence-corrected chi connectivity index (χ4v) is 1.96. The third-order valence-corrected chi connectivity index (χ3v) is 2.98. The van der Waals surface area contributed by atoms with Gasteiger partial charge >= 0.3 is 0 Å². The molecule has 0 fully saturated rings. The summed E-state index contributed by atoms with van der Waals surface area (Å²) in [6.45, 7) is 4.04. The zero-order valence-electron chi connectivity index (χ0n) is 11.0. The molecule has 5 heteroatoms. The van der Waals surface area contributed by atoms with Gasteiger partial charge in [0.15, 0.2) is 11.6 Å². The molecular formula is C14H15FN2OS. The Labute approximate surface area is 116 Å². The number of aromatic nitrogens is 2. The first kappa shape index (κ1) is 13.7. The minimum atomic E-state index is -0.401. The average molecular weight is 278 g/mol. The van der Waals surface area contributed by atoms with Crippen LogP contribution in [0.5, 0.6) is 5.75 Å². The van der Waals surface area contributed by atoms with Gasteiger partial charge in [0.05, 0.1) is 7.11 Å².